The lowest BCUT2D eigenvalue weighted by molar-refractivity contribution is 0.410. The van der Waals surface area contributed by atoms with E-state index >= 15 is 0 Å². The summed E-state index contributed by atoms with van der Waals surface area (Å²) < 4.78 is 24.0. The molecule has 0 aliphatic rings. The van der Waals surface area contributed by atoms with Gasteiger partial charge >= 0.3 is 0 Å². The number of benzene rings is 2. The number of nitrogens with one attached hydrogen (secondary N) is 1. The van der Waals surface area contributed by atoms with E-state index in [1.807, 2.05) is 24.3 Å². The molecule has 19 heavy (non-hydrogen) atoms. The summed E-state index contributed by atoms with van der Waals surface area (Å²) in [6.45, 7) is 0.480. The normalized spacial score (nSPS) is 10.1. The van der Waals surface area contributed by atoms with Crippen LogP contribution in [0.1, 0.15) is 5.56 Å². The first kappa shape index (κ1) is 13.2. The van der Waals surface area contributed by atoms with Gasteiger partial charge in [0.2, 0.25) is 0 Å². The van der Waals surface area contributed by atoms with Crippen molar-refractivity contribution in [1.82, 2.24) is 0 Å². The van der Waals surface area contributed by atoms with Crippen LogP contribution in [0.5, 0.6) is 11.5 Å². The molecule has 0 amide bonds. The summed E-state index contributed by atoms with van der Waals surface area (Å²) in [5, 5.41) is 3.04. The van der Waals surface area contributed by atoms with Crippen LogP contribution in [-0.2, 0) is 6.54 Å². The van der Waals surface area contributed by atoms with E-state index in [9.17, 15) is 4.39 Å². The van der Waals surface area contributed by atoms with E-state index < -0.39 is 0 Å². The third-order valence-corrected chi connectivity index (χ3v) is 2.84. The van der Waals surface area contributed by atoms with Crippen molar-refractivity contribution in [2.45, 2.75) is 6.54 Å². The number of halogens is 1. The van der Waals surface area contributed by atoms with Crippen LogP contribution in [0.3, 0.4) is 0 Å². The number of methoxy groups -OCH3 is 2. The van der Waals surface area contributed by atoms with E-state index in [0.717, 1.165) is 11.3 Å². The third kappa shape index (κ3) is 3.16. The van der Waals surface area contributed by atoms with Crippen molar-refractivity contribution in [2.24, 2.45) is 0 Å². The van der Waals surface area contributed by atoms with Gasteiger partial charge in [-0.2, -0.15) is 0 Å². The molecule has 0 radical (unpaired) electrons. The van der Waals surface area contributed by atoms with Gasteiger partial charge in [0.05, 0.1) is 19.9 Å². The van der Waals surface area contributed by atoms with Crippen molar-refractivity contribution in [3.05, 3.63) is 53.8 Å². The van der Waals surface area contributed by atoms with Gasteiger partial charge in [0.25, 0.3) is 0 Å². The molecule has 0 bridgehead atoms. The highest BCUT2D eigenvalue weighted by molar-refractivity contribution is 5.50. The maximum Gasteiger partial charge on any atom is 0.146 e. The Hall–Kier alpha value is -2.23. The van der Waals surface area contributed by atoms with Gasteiger partial charge in [-0.15, -0.1) is 0 Å². The van der Waals surface area contributed by atoms with Crippen molar-refractivity contribution in [3.63, 3.8) is 0 Å². The summed E-state index contributed by atoms with van der Waals surface area (Å²) >= 11 is 0. The Morgan fingerprint density at radius 3 is 2.58 bits per heavy atom. The Morgan fingerprint density at radius 1 is 1.05 bits per heavy atom. The van der Waals surface area contributed by atoms with Gasteiger partial charge in [-0.25, -0.2) is 4.39 Å². The molecule has 1 N–H and O–H groups in total. The van der Waals surface area contributed by atoms with Crippen molar-refractivity contribution >= 4 is 5.69 Å². The molecule has 4 heteroatoms. The van der Waals surface area contributed by atoms with E-state index in [1.54, 1.807) is 26.4 Å². The predicted octanol–water partition coefficient (Wildman–Crippen LogP) is 3.46. The standard InChI is InChI=1S/C15H16FNO2/c1-18-12-7-8-13(16)14(9-12)17-10-11-5-3-4-6-15(11)19-2/h3-9,17H,10H2,1-2H3. The molecule has 0 saturated heterocycles. The Morgan fingerprint density at radius 2 is 1.84 bits per heavy atom. The number of anilines is 1. The molecule has 0 saturated carbocycles. The Labute approximate surface area is 112 Å². The minimum absolute atomic E-state index is 0.310. The van der Waals surface area contributed by atoms with Crippen molar-refractivity contribution in [2.75, 3.05) is 19.5 Å². The van der Waals surface area contributed by atoms with Crippen LogP contribution in [0.4, 0.5) is 10.1 Å². The molecule has 0 heterocycles. The third-order valence-electron chi connectivity index (χ3n) is 2.84. The van der Waals surface area contributed by atoms with Gasteiger partial charge in [0.15, 0.2) is 0 Å². The van der Waals surface area contributed by atoms with Crippen LogP contribution >= 0.6 is 0 Å². The van der Waals surface area contributed by atoms with E-state index in [2.05, 4.69) is 5.32 Å². The summed E-state index contributed by atoms with van der Waals surface area (Å²) in [5.41, 5.74) is 1.37. The van der Waals surface area contributed by atoms with E-state index in [4.69, 9.17) is 9.47 Å². The second-order valence-corrected chi connectivity index (χ2v) is 4.01. The fourth-order valence-corrected chi connectivity index (χ4v) is 1.81. The Kier molecular flexibility index (Phi) is 4.23. The second kappa shape index (κ2) is 6.09. The van der Waals surface area contributed by atoms with E-state index in [-0.39, 0.29) is 5.82 Å². The zero-order chi connectivity index (χ0) is 13.7. The number of ether oxygens (including phenoxy) is 2. The smallest absolute Gasteiger partial charge is 0.146 e. The average molecular weight is 261 g/mol. The van der Waals surface area contributed by atoms with Gasteiger partial charge in [0, 0.05) is 18.2 Å². The topological polar surface area (TPSA) is 30.5 Å². The molecule has 2 aromatic carbocycles. The summed E-state index contributed by atoms with van der Waals surface area (Å²) in [6.07, 6.45) is 0. The second-order valence-electron chi connectivity index (χ2n) is 4.01. The zero-order valence-corrected chi connectivity index (χ0v) is 10.9. The van der Waals surface area contributed by atoms with Gasteiger partial charge < -0.3 is 14.8 Å². The SMILES string of the molecule is COc1ccc(F)c(NCc2ccccc2OC)c1. The zero-order valence-electron chi connectivity index (χ0n) is 10.9. The van der Waals surface area contributed by atoms with Gasteiger partial charge in [0.1, 0.15) is 17.3 Å². The van der Waals surface area contributed by atoms with Crippen LogP contribution in [0, 0.1) is 5.82 Å². The van der Waals surface area contributed by atoms with Crippen molar-refractivity contribution in [3.8, 4) is 11.5 Å². The molecule has 0 aliphatic carbocycles. The monoisotopic (exact) mass is 261 g/mol. The molecule has 100 valence electrons. The van der Waals surface area contributed by atoms with Crippen molar-refractivity contribution in [1.29, 1.82) is 0 Å². The average Bonchev–Trinajstić information content (AvgIpc) is 2.46. The minimum atomic E-state index is -0.310. The van der Waals surface area contributed by atoms with E-state index in [1.165, 1.54) is 6.07 Å². The quantitative estimate of drug-likeness (QED) is 0.894. The fourth-order valence-electron chi connectivity index (χ4n) is 1.81. The predicted molar refractivity (Wildman–Crippen MR) is 73.3 cm³/mol. The molecule has 0 aromatic heterocycles. The van der Waals surface area contributed by atoms with Crippen LogP contribution in [0.25, 0.3) is 0 Å². The first-order valence-electron chi connectivity index (χ1n) is 5.94. The molecule has 0 unspecified atom stereocenters. The highest BCUT2D eigenvalue weighted by atomic mass is 19.1. The van der Waals surface area contributed by atoms with Crippen LogP contribution in [0.15, 0.2) is 42.5 Å². The largest absolute Gasteiger partial charge is 0.497 e. The van der Waals surface area contributed by atoms with Crippen LogP contribution < -0.4 is 14.8 Å². The van der Waals surface area contributed by atoms with Crippen molar-refractivity contribution < 1.29 is 13.9 Å². The molecule has 0 fully saturated rings. The lowest BCUT2D eigenvalue weighted by Gasteiger charge is -2.11. The first-order valence-corrected chi connectivity index (χ1v) is 5.94. The lowest BCUT2D eigenvalue weighted by atomic mass is 10.2. The maximum atomic E-state index is 13.6. The Balaban J connectivity index is 2.14. The molecular weight excluding hydrogens is 245 g/mol. The first-order chi connectivity index (χ1) is 9.24. The van der Waals surface area contributed by atoms with E-state index in [0.29, 0.717) is 18.0 Å². The highest BCUT2D eigenvalue weighted by Crippen LogP contribution is 2.23. The Bertz CT molecular complexity index is 558. The number of hydrogen-bond donors (Lipinski definition) is 1. The summed E-state index contributed by atoms with van der Waals surface area (Å²) in [7, 11) is 3.17. The summed E-state index contributed by atoms with van der Waals surface area (Å²) in [5.74, 6) is 1.08. The molecule has 2 rings (SSSR count). The minimum Gasteiger partial charge on any atom is -0.497 e. The molecule has 2 aromatic rings. The van der Waals surface area contributed by atoms with Gasteiger partial charge in [-0.3, -0.25) is 0 Å². The fraction of sp³-hybridized carbons (Fsp3) is 0.200. The number of hydrogen-bond acceptors (Lipinski definition) is 3. The maximum absolute atomic E-state index is 13.6. The molecule has 0 spiro atoms. The number of para-hydroxylation sites is 1. The molecule has 0 aliphatic heterocycles. The lowest BCUT2D eigenvalue weighted by Crippen LogP contribution is -2.03. The number of rotatable bonds is 5. The highest BCUT2D eigenvalue weighted by Gasteiger charge is 2.06. The summed E-state index contributed by atoms with van der Waals surface area (Å²) in [4.78, 5) is 0. The molecule has 0 atom stereocenters. The molecular formula is C15H16FNO2. The molecule has 3 nitrogen and oxygen atoms in total. The van der Waals surface area contributed by atoms with Gasteiger partial charge in [-0.1, -0.05) is 18.2 Å². The van der Waals surface area contributed by atoms with Crippen LogP contribution in [0.2, 0.25) is 0 Å². The summed E-state index contributed by atoms with van der Waals surface area (Å²) in [6, 6.07) is 12.2. The van der Waals surface area contributed by atoms with Crippen LogP contribution in [-0.4, -0.2) is 14.2 Å². The van der Waals surface area contributed by atoms with Gasteiger partial charge in [-0.05, 0) is 18.2 Å².